The number of benzene rings is 2. The summed E-state index contributed by atoms with van der Waals surface area (Å²) in [7, 11) is 0. The number of hydrogen-bond acceptors (Lipinski definition) is 2. The minimum Gasteiger partial charge on any atom is -0.385 e. The predicted octanol–water partition coefficient (Wildman–Crippen LogP) is 3.81. The molecule has 0 bridgehead atoms. The third-order valence-corrected chi connectivity index (χ3v) is 4.04. The van der Waals surface area contributed by atoms with Crippen molar-refractivity contribution in [3.05, 3.63) is 70.8 Å². The van der Waals surface area contributed by atoms with Gasteiger partial charge in [-0.05, 0) is 38.8 Å². The van der Waals surface area contributed by atoms with Gasteiger partial charge in [-0.1, -0.05) is 59.7 Å². The monoisotopic (exact) mass is 284 g/mol. The van der Waals surface area contributed by atoms with Crippen molar-refractivity contribution < 1.29 is 10.2 Å². The highest BCUT2D eigenvalue weighted by Crippen LogP contribution is 2.36. The lowest BCUT2D eigenvalue weighted by atomic mass is 9.80. The van der Waals surface area contributed by atoms with E-state index in [1.807, 2.05) is 62.4 Å². The highest BCUT2D eigenvalue weighted by Gasteiger charge is 2.34. The Hall–Kier alpha value is -1.64. The number of aliphatic hydroxyl groups is 2. The van der Waals surface area contributed by atoms with Crippen molar-refractivity contribution in [1.29, 1.82) is 0 Å². The summed E-state index contributed by atoms with van der Waals surface area (Å²) >= 11 is 0. The van der Waals surface area contributed by atoms with Gasteiger partial charge in [-0.3, -0.25) is 0 Å². The first-order valence-electron chi connectivity index (χ1n) is 7.30. The van der Waals surface area contributed by atoms with Gasteiger partial charge in [0.25, 0.3) is 0 Å². The highest BCUT2D eigenvalue weighted by molar-refractivity contribution is 5.30. The molecule has 21 heavy (non-hydrogen) atoms. The molecule has 2 unspecified atom stereocenters. The van der Waals surface area contributed by atoms with Crippen LogP contribution in [0.1, 0.15) is 42.5 Å². The zero-order chi connectivity index (χ0) is 15.7. The van der Waals surface area contributed by atoms with Crippen molar-refractivity contribution >= 4 is 0 Å². The molecule has 0 spiro atoms. The molecular formula is C19H24O2. The van der Waals surface area contributed by atoms with E-state index in [2.05, 4.69) is 0 Å². The Balaban J connectivity index is 2.25. The Morgan fingerprint density at radius 2 is 0.952 bits per heavy atom. The van der Waals surface area contributed by atoms with Crippen LogP contribution >= 0.6 is 0 Å². The summed E-state index contributed by atoms with van der Waals surface area (Å²) in [5.41, 5.74) is 1.78. The largest absolute Gasteiger partial charge is 0.385 e. The van der Waals surface area contributed by atoms with E-state index in [9.17, 15) is 10.2 Å². The summed E-state index contributed by atoms with van der Waals surface area (Å²) in [6, 6.07) is 15.6. The zero-order valence-corrected chi connectivity index (χ0v) is 13.2. The zero-order valence-electron chi connectivity index (χ0n) is 13.2. The van der Waals surface area contributed by atoms with Gasteiger partial charge in [-0.15, -0.1) is 0 Å². The lowest BCUT2D eigenvalue weighted by Crippen LogP contribution is -2.33. The minimum atomic E-state index is -1.08. The molecule has 2 aromatic rings. The third kappa shape index (κ3) is 3.72. The fraction of sp³-hybridized carbons (Fsp3) is 0.368. The summed E-state index contributed by atoms with van der Waals surface area (Å²) < 4.78 is 0. The Labute approximate surface area is 127 Å². The van der Waals surface area contributed by atoms with Crippen LogP contribution in [0.4, 0.5) is 0 Å². The molecule has 0 saturated carbocycles. The second-order valence-electron chi connectivity index (χ2n) is 6.46. The van der Waals surface area contributed by atoms with E-state index in [0.717, 1.165) is 22.3 Å². The van der Waals surface area contributed by atoms with Crippen LogP contribution < -0.4 is 0 Å². The highest BCUT2D eigenvalue weighted by atomic mass is 16.3. The average Bonchev–Trinajstić information content (AvgIpc) is 2.38. The summed E-state index contributed by atoms with van der Waals surface area (Å²) in [5, 5.41) is 21.5. The van der Waals surface area contributed by atoms with Gasteiger partial charge in [-0.25, -0.2) is 0 Å². The van der Waals surface area contributed by atoms with Crippen molar-refractivity contribution in [2.24, 2.45) is 0 Å². The minimum absolute atomic E-state index is 0.242. The topological polar surface area (TPSA) is 40.5 Å². The number of hydrogen-bond donors (Lipinski definition) is 2. The van der Waals surface area contributed by atoms with Gasteiger partial charge in [0, 0.05) is 6.42 Å². The third-order valence-electron chi connectivity index (χ3n) is 4.04. The standard InChI is InChI=1S/C19H24O2/c1-14-5-9-16(10-6-14)18(3,20)13-19(4,21)17-11-7-15(2)8-12-17/h5-12,20-21H,13H2,1-4H3. The molecule has 0 aromatic heterocycles. The van der Waals surface area contributed by atoms with Gasteiger partial charge < -0.3 is 10.2 Å². The van der Waals surface area contributed by atoms with Gasteiger partial charge in [0.1, 0.15) is 0 Å². The number of aryl methyl sites for hydroxylation is 2. The first-order valence-corrected chi connectivity index (χ1v) is 7.30. The van der Waals surface area contributed by atoms with Crippen LogP contribution in [-0.2, 0) is 11.2 Å². The van der Waals surface area contributed by atoms with Crippen LogP contribution in [-0.4, -0.2) is 10.2 Å². The molecule has 0 saturated heterocycles. The van der Waals surface area contributed by atoms with Crippen LogP contribution in [0, 0.1) is 13.8 Å². The van der Waals surface area contributed by atoms with Crippen molar-refractivity contribution in [3.8, 4) is 0 Å². The van der Waals surface area contributed by atoms with Crippen molar-refractivity contribution in [1.82, 2.24) is 0 Å². The quantitative estimate of drug-likeness (QED) is 0.896. The lowest BCUT2D eigenvalue weighted by molar-refractivity contribution is -0.0525. The normalized spacial score (nSPS) is 17.0. The molecule has 2 heteroatoms. The van der Waals surface area contributed by atoms with Crippen LogP contribution in [0.5, 0.6) is 0 Å². The van der Waals surface area contributed by atoms with Crippen LogP contribution in [0.2, 0.25) is 0 Å². The van der Waals surface area contributed by atoms with Gasteiger partial charge in [0.05, 0.1) is 11.2 Å². The summed E-state index contributed by atoms with van der Waals surface area (Å²) in [6.07, 6.45) is 0.242. The Morgan fingerprint density at radius 1 is 0.667 bits per heavy atom. The van der Waals surface area contributed by atoms with Crippen molar-refractivity contribution in [2.45, 2.75) is 45.3 Å². The number of rotatable bonds is 4. The first kappa shape index (κ1) is 15.7. The maximum atomic E-state index is 10.8. The van der Waals surface area contributed by atoms with E-state index in [4.69, 9.17) is 0 Å². The summed E-state index contributed by atoms with van der Waals surface area (Å²) in [6.45, 7) is 7.53. The SMILES string of the molecule is Cc1ccc(C(C)(O)CC(C)(O)c2ccc(C)cc2)cc1. The summed E-state index contributed by atoms with van der Waals surface area (Å²) in [4.78, 5) is 0. The maximum absolute atomic E-state index is 10.8. The van der Waals surface area contributed by atoms with Crippen LogP contribution in [0.3, 0.4) is 0 Å². The van der Waals surface area contributed by atoms with Crippen molar-refractivity contribution in [2.75, 3.05) is 0 Å². The second-order valence-corrected chi connectivity index (χ2v) is 6.46. The predicted molar refractivity (Wildman–Crippen MR) is 86.1 cm³/mol. The molecule has 0 fully saturated rings. The van der Waals surface area contributed by atoms with E-state index >= 15 is 0 Å². The smallest absolute Gasteiger partial charge is 0.0899 e. The molecule has 0 heterocycles. The molecule has 2 aromatic carbocycles. The van der Waals surface area contributed by atoms with Crippen LogP contribution in [0.15, 0.2) is 48.5 Å². The van der Waals surface area contributed by atoms with Crippen LogP contribution in [0.25, 0.3) is 0 Å². The van der Waals surface area contributed by atoms with Crippen molar-refractivity contribution in [3.63, 3.8) is 0 Å². The molecule has 2 atom stereocenters. The molecule has 112 valence electrons. The first-order chi connectivity index (χ1) is 9.71. The molecule has 0 aliphatic heterocycles. The Kier molecular flexibility index (Phi) is 4.22. The average molecular weight is 284 g/mol. The molecule has 0 amide bonds. The van der Waals surface area contributed by atoms with E-state index in [-0.39, 0.29) is 6.42 Å². The Morgan fingerprint density at radius 3 is 1.24 bits per heavy atom. The fourth-order valence-corrected chi connectivity index (χ4v) is 2.70. The summed E-state index contributed by atoms with van der Waals surface area (Å²) in [5.74, 6) is 0. The lowest BCUT2D eigenvalue weighted by Gasteiger charge is -2.33. The van der Waals surface area contributed by atoms with E-state index < -0.39 is 11.2 Å². The van der Waals surface area contributed by atoms with E-state index in [0.29, 0.717) is 0 Å². The van der Waals surface area contributed by atoms with Gasteiger partial charge in [0.15, 0.2) is 0 Å². The molecule has 0 radical (unpaired) electrons. The van der Waals surface area contributed by atoms with E-state index in [1.165, 1.54) is 0 Å². The van der Waals surface area contributed by atoms with Gasteiger partial charge >= 0.3 is 0 Å². The molecule has 0 aliphatic carbocycles. The Bertz CT molecular complexity index is 537. The van der Waals surface area contributed by atoms with Gasteiger partial charge in [-0.2, -0.15) is 0 Å². The fourth-order valence-electron chi connectivity index (χ4n) is 2.70. The van der Waals surface area contributed by atoms with Gasteiger partial charge in [0.2, 0.25) is 0 Å². The molecule has 2 N–H and O–H groups in total. The molecule has 2 nitrogen and oxygen atoms in total. The second kappa shape index (κ2) is 5.63. The van der Waals surface area contributed by atoms with E-state index in [1.54, 1.807) is 13.8 Å². The molecule has 0 aliphatic rings. The maximum Gasteiger partial charge on any atom is 0.0899 e. The molecular weight excluding hydrogens is 260 g/mol. The molecule has 2 rings (SSSR count).